The van der Waals surface area contributed by atoms with E-state index in [4.69, 9.17) is 10.5 Å². The SMILES string of the molecule is CCOC(=O)N1CCN(C(=O)N2CCC(N)CC2)CC1. The molecule has 0 aromatic rings. The summed E-state index contributed by atoms with van der Waals surface area (Å²) in [6.45, 7) is 5.86. The molecule has 2 rings (SSSR count). The molecule has 2 aliphatic heterocycles. The fourth-order valence-electron chi connectivity index (χ4n) is 2.59. The van der Waals surface area contributed by atoms with Gasteiger partial charge in [-0.1, -0.05) is 0 Å². The van der Waals surface area contributed by atoms with Crippen molar-refractivity contribution in [1.29, 1.82) is 0 Å². The van der Waals surface area contributed by atoms with E-state index in [0.717, 1.165) is 25.9 Å². The first-order valence-electron chi connectivity index (χ1n) is 7.33. The summed E-state index contributed by atoms with van der Waals surface area (Å²) in [6.07, 6.45) is 1.45. The van der Waals surface area contributed by atoms with Gasteiger partial charge < -0.3 is 25.2 Å². The molecule has 0 radical (unpaired) electrons. The lowest BCUT2D eigenvalue weighted by atomic mass is 10.1. The number of amides is 3. The summed E-state index contributed by atoms with van der Waals surface area (Å²) >= 11 is 0. The minimum atomic E-state index is -0.288. The third kappa shape index (κ3) is 3.53. The number of hydrogen-bond acceptors (Lipinski definition) is 4. The number of urea groups is 1. The van der Waals surface area contributed by atoms with Crippen LogP contribution in [0.3, 0.4) is 0 Å². The minimum absolute atomic E-state index is 0.0698. The number of nitrogens with zero attached hydrogens (tertiary/aromatic N) is 3. The number of nitrogens with two attached hydrogens (primary N) is 1. The summed E-state index contributed by atoms with van der Waals surface area (Å²) < 4.78 is 4.96. The fraction of sp³-hybridized carbons (Fsp3) is 0.846. The van der Waals surface area contributed by atoms with Crippen molar-refractivity contribution in [2.75, 3.05) is 45.9 Å². The highest BCUT2D eigenvalue weighted by Gasteiger charge is 2.29. The van der Waals surface area contributed by atoms with Gasteiger partial charge in [-0.15, -0.1) is 0 Å². The lowest BCUT2D eigenvalue weighted by Crippen LogP contribution is -2.55. The average molecular weight is 284 g/mol. The summed E-state index contributed by atoms with van der Waals surface area (Å²) in [7, 11) is 0. The highest BCUT2D eigenvalue weighted by molar-refractivity contribution is 5.75. The Morgan fingerprint density at radius 3 is 2.05 bits per heavy atom. The molecule has 3 amide bonds. The van der Waals surface area contributed by atoms with Crippen LogP contribution in [0.4, 0.5) is 9.59 Å². The van der Waals surface area contributed by atoms with Crippen LogP contribution in [0.25, 0.3) is 0 Å². The Morgan fingerprint density at radius 1 is 1.00 bits per heavy atom. The van der Waals surface area contributed by atoms with E-state index in [1.807, 2.05) is 9.80 Å². The predicted molar refractivity (Wildman–Crippen MR) is 74.3 cm³/mol. The number of piperidine rings is 1. The molecule has 0 aromatic carbocycles. The van der Waals surface area contributed by atoms with Crippen LogP contribution in [0.1, 0.15) is 19.8 Å². The van der Waals surface area contributed by atoms with Crippen LogP contribution in [-0.4, -0.2) is 78.7 Å². The smallest absolute Gasteiger partial charge is 0.409 e. The first-order chi connectivity index (χ1) is 9.61. The van der Waals surface area contributed by atoms with Gasteiger partial charge in [0.15, 0.2) is 0 Å². The average Bonchev–Trinajstić information content (AvgIpc) is 2.48. The van der Waals surface area contributed by atoms with Gasteiger partial charge in [-0.05, 0) is 19.8 Å². The van der Waals surface area contributed by atoms with Gasteiger partial charge in [-0.2, -0.15) is 0 Å². The van der Waals surface area contributed by atoms with Crippen molar-refractivity contribution in [3.8, 4) is 0 Å². The molecule has 2 heterocycles. The molecule has 7 heteroatoms. The number of carbonyl (C=O) groups is 2. The van der Waals surface area contributed by atoms with Crippen molar-refractivity contribution in [1.82, 2.24) is 14.7 Å². The third-order valence-electron chi connectivity index (χ3n) is 3.89. The molecule has 2 N–H and O–H groups in total. The van der Waals surface area contributed by atoms with Gasteiger partial charge in [-0.3, -0.25) is 0 Å². The highest BCUT2D eigenvalue weighted by atomic mass is 16.6. The maximum Gasteiger partial charge on any atom is 0.409 e. The Morgan fingerprint density at radius 2 is 1.50 bits per heavy atom. The van der Waals surface area contributed by atoms with Crippen molar-refractivity contribution >= 4 is 12.1 Å². The Kier molecular flexibility index (Phi) is 5.05. The standard InChI is InChI=1S/C13H24N4O3/c1-2-20-13(19)17-9-7-16(8-10-17)12(18)15-5-3-11(14)4-6-15/h11H,2-10,14H2,1H3. The van der Waals surface area contributed by atoms with Gasteiger partial charge in [0.1, 0.15) is 0 Å². The predicted octanol–water partition coefficient (Wildman–Crippen LogP) is 0.304. The van der Waals surface area contributed by atoms with E-state index < -0.39 is 0 Å². The molecule has 0 bridgehead atoms. The number of rotatable bonds is 1. The van der Waals surface area contributed by atoms with E-state index in [-0.39, 0.29) is 18.2 Å². The van der Waals surface area contributed by atoms with Crippen LogP contribution in [0, 0.1) is 0 Å². The molecule has 2 saturated heterocycles. The van der Waals surface area contributed by atoms with Gasteiger partial charge in [0.25, 0.3) is 0 Å². The second kappa shape index (κ2) is 6.78. The van der Waals surface area contributed by atoms with Gasteiger partial charge in [-0.25, -0.2) is 9.59 Å². The monoisotopic (exact) mass is 284 g/mol. The highest BCUT2D eigenvalue weighted by Crippen LogP contribution is 2.13. The van der Waals surface area contributed by atoms with E-state index in [0.29, 0.717) is 32.8 Å². The lowest BCUT2D eigenvalue weighted by Gasteiger charge is -2.38. The first-order valence-corrected chi connectivity index (χ1v) is 7.33. The maximum atomic E-state index is 12.3. The number of hydrogen-bond donors (Lipinski definition) is 1. The van der Waals surface area contributed by atoms with Gasteiger partial charge >= 0.3 is 12.1 Å². The molecule has 0 unspecified atom stereocenters. The van der Waals surface area contributed by atoms with Gasteiger partial charge in [0.05, 0.1) is 6.61 Å². The Bertz CT molecular complexity index is 348. The maximum absolute atomic E-state index is 12.3. The van der Waals surface area contributed by atoms with Crippen molar-refractivity contribution in [2.24, 2.45) is 5.73 Å². The summed E-state index contributed by atoms with van der Waals surface area (Å²) in [5.41, 5.74) is 5.85. The van der Waals surface area contributed by atoms with Gasteiger partial charge in [0.2, 0.25) is 0 Å². The largest absolute Gasteiger partial charge is 0.450 e. The van der Waals surface area contributed by atoms with Crippen LogP contribution >= 0.6 is 0 Å². The van der Waals surface area contributed by atoms with Crippen LogP contribution in [0.2, 0.25) is 0 Å². The zero-order valence-electron chi connectivity index (χ0n) is 12.1. The van der Waals surface area contributed by atoms with Crippen molar-refractivity contribution < 1.29 is 14.3 Å². The summed E-state index contributed by atoms with van der Waals surface area (Å²) in [5, 5.41) is 0. The minimum Gasteiger partial charge on any atom is -0.450 e. The molecule has 0 aliphatic carbocycles. The van der Waals surface area contributed by atoms with E-state index in [1.165, 1.54) is 0 Å². The Balaban J connectivity index is 1.78. The molecule has 20 heavy (non-hydrogen) atoms. The molecule has 2 fully saturated rings. The summed E-state index contributed by atoms with van der Waals surface area (Å²) in [6, 6.07) is 0.292. The van der Waals surface area contributed by atoms with Crippen LogP contribution < -0.4 is 5.73 Å². The molecule has 0 spiro atoms. The number of likely N-dealkylation sites (tertiary alicyclic amines) is 1. The van der Waals surface area contributed by atoms with Crippen molar-refractivity contribution in [2.45, 2.75) is 25.8 Å². The first kappa shape index (κ1) is 14.9. The van der Waals surface area contributed by atoms with Crippen LogP contribution in [0.15, 0.2) is 0 Å². The van der Waals surface area contributed by atoms with E-state index in [1.54, 1.807) is 11.8 Å². The van der Waals surface area contributed by atoms with E-state index in [2.05, 4.69) is 0 Å². The van der Waals surface area contributed by atoms with Crippen molar-refractivity contribution in [3.05, 3.63) is 0 Å². The van der Waals surface area contributed by atoms with Crippen molar-refractivity contribution in [3.63, 3.8) is 0 Å². The summed E-state index contributed by atoms with van der Waals surface area (Å²) in [4.78, 5) is 29.3. The summed E-state index contributed by atoms with van der Waals surface area (Å²) in [5.74, 6) is 0. The molecule has 0 atom stereocenters. The molecule has 114 valence electrons. The molecule has 7 nitrogen and oxygen atoms in total. The fourth-order valence-corrected chi connectivity index (χ4v) is 2.59. The van der Waals surface area contributed by atoms with E-state index >= 15 is 0 Å². The molecule has 0 saturated carbocycles. The molecular weight excluding hydrogens is 260 g/mol. The zero-order valence-corrected chi connectivity index (χ0v) is 12.1. The molecule has 2 aliphatic rings. The Hall–Kier alpha value is -1.50. The second-order valence-electron chi connectivity index (χ2n) is 5.28. The number of carbonyl (C=O) groups excluding carboxylic acids is 2. The topological polar surface area (TPSA) is 79.1 Å². The zero-order chi connectivity index (χ0) is 14.5. The molecular formula is C13H24N4O3. The van der Waals surface area contributed by atoms with E-state index in [9.17, 15) is 9.59 Å². The third-order valence-corrected chi connectivity index (χ3v) is 3.89. The van der Waals surface area contributed by atoms with Gasteiger partial charge in [0, 0.05) is 45.3 Å². The van der Waals surface area contributed by atoms with Crippen LogP contribution in [0.5, 0.6) is 0 Å². The number of ether oxygens (including phenoxy) is 1. The Labute approximate surface area is 119 Å². The normalized spacial score (nSPS) is 21.0. The molecule has 0 aromatic heterocycles. The lowest BCUT2D eigenvalue weighted by molar-refractivity contribution is 0.0765. The quantitative estimate of drug-likeness (QED) is 0.751. The second-order valence-corrected chi connectivity index (χ2v) is 5.28. The number of piperazine rings is 1. The van der Waals surface area contributed by atoms with Crippen LogP contribution in [-0.2, 0) is 4.74 Å².